The van der Waals surface area contributed by atoms with Crippen LogP contribution in [0.5, 0.6) is 0 Å². The third-order valence-corrected chi connectivity index (χ3v) is 4.59. The van der Waals surface area contributed by atoms with E-state index in [1.165, 1.54) is 12.0 Å². The second-order valence-electron chi connectivity index (χ2n) is 7.36. The number of urea groups is 1. The van der Waals surface area contributed by atoms with Crippen molar-refractivity contribution in [2.45, 2.75) is 46.2 Å². The van der Waals surface area contributed by atoms with Gasteiger partial charge in [0.05, 0.1) is 7.11 Å². The minimum absolute atomic E-state index is 0.150. The van der Waals surface area contributed by atoms with Gasteiger partial charge in [0, 0.05) is 5.69 Å². The standard InChI is InChI=1S/C20H27N3O5/c1-12(2)10-16(19(26)28-5)21-17(24)11-22-18(25)14(4)23(20(22)27)15-8-6-13(3)7-9-15/h6-9,12,14,16H,10-11H2,1-5H3,(H,21,24)/t14-,16+/m0/s1. The first-order valence-corrected chi connectivity index (χ1v) is 9.24. The molecule has 152 valence electrons. The number of imide groups is 1. The van der Waals surface area contributed by atoms with Gasteiger partial charge in [-0.3, -0.25) is 19.4 Å². The quantitative estimate of drug-likeness (QED) is 0.567. The van der Waals surface area contributed by atoms with Crippen LogP contribution in [0.1, 0.15) is 32.8 Å². The number of amides is 4. The minimum atomic E-state index is -0.823. The average molecular weight is 389 g/mol. The van der Waals surface area contributed by atoms with Crippen molar-refractivity contribution in [3.8, 4) is 0 Å². The molecule has 1 aliphatic heterocycles. The van der Waals surface area contributed by atoms with E-state index >= 15 is 0 Å². The summed E-state index contributed by atoms with van der Waals surface area (Å²) in [5.41, 5.74) is 1.62. The second kappa shape index (κ2) is 8.86. The third-order valence-electron chi connectivity index (χ3n) is 4.59. The normalized spacial score (nSPS) is 17.9. The van der Waals surface area contributed by atoms with Gasteiger partial charge in [0.1, 0.15) is 18.6 Å². The summed E-state index contributed by atoms with van der Waals surface area (Å²) in [5.74, 6) is -1.46. The van der Waals surface area contributed by atoms with Gasteiger partial charge in [0.15, 0.2) is 0 Å². The maximum atomic E-state index is 12.8. The van der Waals surface area contributed by atoms with Crippen LogP contribution in [-0.4, -0.2) is 54.5 Å². The van der Waals surface area contributed by atoms with E-state index in [4.69, 9.17) is 4.74 Å². The summed E-state index contributed by atoms with van der Waals surface area (Å²) in [6.07, 6.45) is 0.395. The molecule has 0 bridgehead atoms. The number of benzene rings is 1. The van der Waals surface area contributed by atoms with E-state index in [1.54, 1.807) is 19.1 Å². The first-order valence-electron chi connectivity index (χ1n) is 9.24. The number of ether oxygens (including phenoxy) is 1. The summed E-state index contributed by atoms with van der Waals surface area (Å²) in [6.45, 7) is 6.92. The molecular weight excluding hydrogens is 362 g/mol. The lowest BCUT2D eigenvalue weighted by Crippen LogP contribution is -2.48. The number of rotatable bonds is 7. The Bertz CT molecular complexity index is 760. The summed E-state index contributed by atoms with van der Waals surface area (Å²) in [6, 6.07) is 5.12. The number of anilines is 1. The molecule has 28 heavy (non-hydrogen) atoms. The predicted octanol–water partition coefficient (Wildman–Crippen LogP) is 1.86. The van der Waals surface area contributed by atoms with Gasteiger partial charge < -0.3 is 10.1 Å². The van der Waals surface area contributed by atoms with Crippen molar-refractivity contribution in [3.63, 3.8) is 0 Å². The van der Waals surface area contributed by atoms with E-state index in [0.717, 1.165) is 10.5 Å². The van der Waals surface area contributed by atoms with Gasteiger partial charge >= 0.3 is 12.0 Å². The molecule has 2 rings (SSSR count). The topological polar surface area (TPSA) is 96.0 Å². The van der Waals surface area contributed by atoms with E-state index in [0.29, 0.717) is 12.1 Å². The van der Waals surface area contributed by atoms with Gasteiger partial charge in [-0.25, -0.2) is 9.59 Å². The largest absolute Gasteiger partial charge is 0.467 e. The number of carbonyl (C=O) groups is 4. The highest BCUT2D eigenvalue weighted by Gasteiger charge is 2.44. The Balaban J connectivity index is 2.11. The zero-order chi connectivity index (χ0) is 21.0. The van der Waals surface area contributed by atoms with E-state index in [9.17, 15) is 19.2 Å². The summed E-state index contributed by atoms with van der Waals surface area (Å²) in [4.78, 5) is 51.9. The highest BCUT2D eigenvalue weighted by molar-refractivity contribution is 6.15. The lowest BCUT2D eigenvalue weighted by atomic mass is 10.0. The highest BCUT2D eigenvalue weighted by Crippen LogP contribution is 2.25. The zero-order valence-electron chi connectivity index (χ0n) is 16.9. The van der Waals surface area contributed by atoms with Crippen molar-refractivity contribution in [2.24, 2.45) is 5.92 Å². The minimum Gasteiger partial charge on any atom is -0.467 e. The molecule has 0 unspecified atom stereocenters. The van der Waals surface area contributed by atoms with Gasteiger partial charge in [-0.15, -0.1) is 0 Å². The summed E-state index contributed by atoms with van der Waals surface area (Å²) >= 11 is 0. The number of methoxy groups -OCH3 is 1. The third kappa shape index (κ3) is 4.68. The zero-order valence-corrected chi connectivity index (χ0v) is 16.9. The monoisotopic (exact) mass is 389 g/mol. The van der Waals surface area contributed by atoms with Crippen molar-refractivity contribution >= 4 is 29.5 Å². The molecule has 1 fully saturated rings. The first kappa shape index (κ1) is 21.4. The molecule has 4 amide bonds. The SMILES string of the molecule is COC(=O)[C@@H](CC(C)C)NC(=O)CN1C(=O)[C@H](C)N(c2ccc(C)cc2)C1=O. The molecule has 2 atom stereocenters. The maximum Gasteiger partial charge on any atom is 0.332 e. The van der Waals surface area contributed by atoms with Gasteiger partial charge in [0.2, 0.25) is 5.91 Å². The average Bonchev–Trinajstić information content (AvgIpc) is 2.84. The Labute approximate surface area is 164 Å². The number of nitrogens with zero attached hydrogens (tertiary/aromatic N) is 2. The van der Waals surface area contributed by atoms with Crippen molar-refractivity contribution in [1.29, 1.82) is 0 Å². The molecule has 1 aromatic carbocycles. The fourth-order valence-corrected chi connectivity index (χ4v) is 3.12. The van der Waals surface area contributed by atoms with Crippen LogP contribution in [0, 0.1) is 12.8 Å². The van der Waals surface area contributed by atoms with Crippen LogP contribution in [-0.2, 0) is 19.1 Å². The Hall–Kier alpha value is -2.90. The van der Waals surface area contributed by atoms with Crippen LogP contribution in [0.3, 0.4) is 0 Å². The molecule has 0 aromatic heterocycles. The smallest absolute Gasteiger partial charge is 0.332 e. The molecule has 0 spiro atoms. The molecule has 1 aromatic rings. The molecule has 1 saturated heterocycles. The number of hydrogen-bond acceptors (Lipinski definition) is 5. The van der Waals surface area contributed by atoms with E-state index in [2.05, 4.69) is 5.32 Å². The highest BCUT2D eigenvalue weighted by atomic mass is 16.5. The molecular formula is C20H27N3O5. The fourth-order valence-electron chi connectivity index (χ4n) is 3.12. The molecule has 8 nitrogen and oxygen atoms in total. The van der Waals surface area contributed by atoms with Crippen LogP contribution < -0.4 is 10.2 Å². The van der Waals surface area contributed by atoms with Crippen LogP contribution in [0.4, 0.5) is 10.5 Å². The van der Waals surface area contributed by atoms with Gasteiger partial charge in [-0.1, -0.05) is 31.5 Å². The van der Waals surface area contributed by atoms with Crippen LogP contribution >= 0.6 is 0 Å². The van der Waals surface area contributed by atoms with Crippen LogP contribution in [0.2, 0.25) is 0 Å². The maximum absolute atomic E-state index is 12.8. The predicted molar refractivity (Wildman–Crippen MR) is 104 cm³/mol. The Morgan fingerprint density at radius 2 is 1.79 bits per heavy atom. The molecule has 0 saturated carbocycles. The van der Waals surface area contributed by atoms with Crippen molar-refractivity contribution < 1.29 is 23.9 Å². The number of nitrogens with one attached hydrogen (secondary N) is 1. The van der Waals surface area contributed by atoms with E-state index < -0.39 is 42.4 Å². The van der Waals surface area contributed by atoms with Crippen molar-refractivity contribution in [3.05, 3.63) is 29.8 Å². The fraction of sp³-hybridized carbons (Fsp3) is 0.500. The molecule has 1 aliphatic rings. The van der Waals surface area contributed by atoms with E-state index in [-0.39, 0.29) is 5.92 Å². The van der Waals surface area contributed by atoms with Gasteiger partial charge in [-0.05, 0) is 38.3 Å². The Morgan fingerprint density at radius 1 is 1.18 bits per heavy atom. The number of esters is 1. The van der Waals surface area contributed by atoms with Crippen LogP contribution in [0.15, 0.2) is 24.3 Å². The lowest BCUT2D eigenvalue weighted by Gasteiger charge is -2.21. The molecule has 1 heterocycles. The molecule has 0 aliphatic carbocycles. The first-order chi connectivity index (χ1) is 13.1. The second-order valence-corrected chi connectivity index (χ2v) is 7.36. The Morgan fingerprint density at radius 3 is 2.32 bits per heavy atom. The van der Waals surface area contributed by atoms with Gasteiger partial charge in [0.25, 0.3) is 5.91 Å². The number of carbonyl (C=O) groups excluding carboxylic acids is 4. The molecule has 1 N–H and O–H groups in total. The lowest BCUT2D eigenvalue weighted by molar-refractivity contribution is -0.145. The number of hydrogen-bond donors (Lipinski definition) is 1. The summed E-state index contributed by atoms with van der Waals surface area (Å²) in [5, 5.41) is 2.57. The molecule has 0 radical (unpaired) electrons. The van der Waals surface area contributed by atoms with Crippen molar-refractivity contribution in [2.75, 3.05) is 18.6 Å². The van der Waals surface area contributed by atoms with Crippen molar-refractivity contribution in [1.82, 2.24) is 10.2 Å². The number of aryl methyl sites for hydroxylation is 1. The van der Waals surface area contributed by atoms with Gasteiger partial charge in [-0.2, -0.15) is 0 Å². The van der Waals surface area contributed by atoms with Crippen LogP contribution in [0.25, 0.3) is 0 Å². The Kier molecular flexibility index (Phi) is 6.77. The molecule has 8 heteroatoms. The van der Waals surface area contributed by atoms with E-state index in [1.807, 2.05) is 32.9 Å². The summed E-state index contributed by atoms with van der Waals surface area (Å²) < 4.78 is 4.72. The summed E-state index contributed by atoms with van der Waals surface area (Å²) in [7, 11) is 1.25.